The van der Waals surface area contributed by atoms with Crippen LogP contribution in [0.4, 0.5) is 0 Å². The fourth-order valence-electron chi connectivity index (χ4n) is 1.69. The predicted octanol–water partition coefficient (Wildman–Crippen LogP) is 1.62. The monoisotopic (exact) mass is 314 g/mol. The molecule has 2 aromatic rings. The molecule has 0 aromatic heterocycles. The van der Waals surface area contributed by atoms with Crippen molar-refractivity contribution in [2.75, 3.05) is 6.61 Å². The fourth-order valence-corrected chi connectivity index (χ4v) is 1.69. The van der Waals surface area contributed by atoms with Crippen molar-refractivity contribution >= 4 is 18.1 Å². The molecule has 3 N–H and O–H groups in total. The highest BCUT2D eigenvalue weighted by Crippen LogP contribution is 2.15. The first-order chi connectivity index (χ1) is 11.1. The number of phenols is 1. The molecule has 0 saturated carbocycles. The Morgan fingerprint density at radius 3 is 2.48 bits per heavy atom. The number of para-hydroxylation sites is 1. The van der Waals surface area contributed by atoms with Gasteiger partial charge in [-0.05, 0) is 42.0 Å². The largest absolute Gasteiger partial charge is 0.507 e. The number of hydrogen-bond donors (Lipinski definition) is 3. The SMILES string of the molecule is O=C(O)COc1ccc(/C=N\NC(=O)c2ccccc2O)cc1. The number of carboxylic acids is 1. The molecule has 0 aliphatic heterocycles. The summed E-state index contributed by atoms with van der Waals surface area (Å²) in [6.45, 7) is -0.413. The molecule has 2 aromatic carbocycles. The Balaban J connectivity index is 1.92. The Kier molecular flexibility index (Phi) is 5.30. The normalized spacial score (nSPS) is 10.4. The predicted molar refractivity (Wildman–Crippen MR) is 82.7 cm³/mol. The Bertz CT molecular complexity index is 726. The van der Waals surface area contributed by atoms with Crippen molar-refractivity contribution in [3.8, 4) is 11.5 Å². The number of carbonyl (C=O) groups excluding carboxylic acids is 1. The van der Waals surface area contributed by atoms with E-state index in [1.807, 2.05) is 0 Å². The molecule has 0 atom stereocenters. The number of rotatable bonds is 6. The second-order valence-corrected chi connectivity index (χ2v) is 4.47. The lowest BCUT2D eigenvalue weighted by Crippen LogP contribution is -2.17. The van der Waals surface area contributed by atoms with E-state index in [-0.39, 0.29) is 11.3 Å². The van der Waals surface area contributed by atoms with Crippen LogP contribution in [0.2, 0.25) is 0 Å². The minimum absolute atomic E-state index is 0.125. The van der Waals surface area contributed by atoms with Gasteiger partial charge in [-0.2, -0.15) is 5.10 Å². The zero-order chi connectivity index (χ0) is 16.7. The molecule has 118 valence electrons. The number of nitrogens with zero attached hydrogens (tertiary/aromatic N) is 1. The first-order valence-corrected chi connectivity index (χ1v) is 6.62. The van der Waals surface area contributed by atoms with Crippen LogP contribution in [0.5, 0.6) is 11.5 Å². The van der Waals surface area contributed by atoms with Gasteiger partial charge in [0.15, 0.2) is 6.61 Å². The van der Waals surface area contributed by atoms with Crippen LogP contribution in [0.25, 0.3) is 0 Å². The number of carboxylic acid groups (broad SMARTS) is 1. The van der Waals surface area contributed by atoms with Crippen molar-refractivity contribution in [2.45, 2.75) is 0 Å². The van der Waals surface area contributed by atoms with E-state index in [0.717, 1.165) is 0 Å². The van der Waals surface area contributed by atoms with Gasteiger partial charge in [0.2, 0.25) is 0 Å². The van der Waals surface area contributed by atoms with Crippen LogP contribution in [-0.2, 0) is 4.79 Å². The molecule has 1 amide bonds. The van der Waals surface area contributed by atoms with Crippen LogP contribution in [0.15, 0.2) is 53.6 Å². The van der Waals surface area contributed by atoms with E-state index in [2.05, 4.69) is 10.5 Å². The fraction of sp³-hybridized carbons (Fsp3) is 0.0625. The number of hydrogen-bond acceptors (Lipinski definition) is 5. The summed E-state index contributed by atoms with van der Waals surface area (Å²) in [6.07, 6.45) is 1.42. The van der Waals surface area contributed by atoms with Crippen molar-refractivity contribution < 1.29 is 24.5 Å². The average molecular weight is 314 g/mol. The molecule has 0 unspecified atom stereocenters. The molecule has 23 heavy (non-hydrogen) atoms. The molecule has 7 nitrogen and oxygen atoms in total. The lowest BCUT2D eigenvalue weighted by atomic mass is 10.2. The van der Waals surface area contributed by atoms with E-state index >= 15 is 0 Å². The Morgan fingerprint density at radius 2 is 1.83 bits per heavy atom. The lowest BCUT2D eigenvalue weighted by molar-refractivity contribution is -0.139. The van der Waals surface area contributed by atoms with Gasteiger partial charge in [-0.25, -0.2) is 10.2 Å². The summed E-state index contributed by atoms with van der Waals surface area (Å²) < 4.78 is 4.99. The second-order valence-electron chi connectivity index (χ2n) is 4.47. The molecule has 0 aliphatic rings. The molecule has 0 heterocycles. The van der Waals surface area contributed by atoms with Crippen molar-refractivity contribution in [1.29, 1.82) is 0 Å². The van der Waals surface area contributed by atoms with Gasteiger partial charge < -0.3 is 14.9 Å². The van der Waals surface area contributed by atoms with Gasteiger partial charge in [0.25, 0.3) is 5.91 Å². The summed E-state index contributed by atoms with van der Waals surface area (Å²) >= 11 is 0. The van der Waals surface area contributed by atoms with Crippen LogP contribution in [0, 0.1) is 0 Å². The molecular formula is C16H14N2O5. The summed E-state index contributed by atoms with van der Waals surface area (Å²) in [5.41, 5.74) is 3.12. The van der Waals surface area contributed by atoms with Gasteiger partial charge >= 0.3 is 5.97 Å². The third-order valence-electron chi connectivity index (χ3n) is 2.77. The number of nitrogens with one attached hydrogen (secondary N) is 1. The molecule has 0 radical (unpaired) electrons. The van der Waals surface area contributed by atoms with Gasteiger partial charge in [0.05, 0.1) is 11.8 Å². The van der Waals surface area contributed by atoms with Crippen molar-refractivity contribution in [2.24, 2.45) is 5.10 Å². The van der Waals surface area contributed by atoms with Gasteiger partial charge in [-0.15, -0.1) is 0 Å². The van der Waals surface area contributed by atoms with Crippen molar-refractivity contribution in [3.05, 3.63) is 59.7 Å². The van der Waals surface area contributed by atoms with E-state index in [0.29, 0.717) is 11.3 Å². The maximum absolute atomic E-state index is 11.8. The highest BCUT2D eigenvalue weighted by Gasteiger charge is 2.08. The first-order valence-electron chi connectivity index (χ1n) is 6.62. The van der Waals surface area contributed by atoms with Crippen LogP contribution in [0.3, 0.4) is 0 Å². The van der Waals surface area contributed by atoms with Gasteiger partial charge in [-0.3, -0.25) is 4.79 Å². The number of phenolic OH excluding ortho intramolecular Hbond substituents is 1. The number of benzene rings is 2. The highest BCUT2D eigenvalue weighted by atomic mass is 16.5. The third-order valence-corrected chi connectivity index (χ3v) is 2.77. The highest BCUT2D eigenvalue weighted by molar-refractivity contribution is 5.97. The van der Waals surface area contributed by atoms with E-state index in [9.17, 15) is 14.7 Å². The summed E-state index contributed by atoms with van der Waals surface area (Å²) in [7, 11) is 0. The molecule has 0 saturated heterocycles. The summed E-state index contributed by atoms with van der Waals surface area (Å²) in [5.74, 6) is -1.29. The molecule has 7 heteroatoms. The zero-order valence-electron chi connectivity index (χ0n) is 12.0. The molecule has 2 rings (SSSR count). The van der Waals surface area contributed by atoms with Crippen molar-refractivity contribution in [3.63, 3.8) is 0 Å². The molecule has 0 fully saturated rings. The average Bonchev–Trinajstić information content (AvgIpc) is 2.54. The summed E-state index contributed by atoms with van der Waals surface area (Å²) in [5, 5.41) is 21.8. The van der Waals surface area contributed by atoms with Gasteiger partial charge in [0.1, 0.15) is 11.5 Å². The number of hydrazone groups is 1. The lowest BCUT2D eigenvalue weighted by Gasteiger charge is -2.03. The maximum Gasteiger partial charge on any atom is 0.341 e. The maximum atomic E-state index is 11.8. The zero-order valence-corrected chi connectivity index (χ0v) is 12.0. The second kappa shape index (κ2) is 7.60. The van der Waals surface area contributed by atoms with E-state index in [1.54, 1.807) is 36.4 Å². The third kappa shape index (κ3) is 4.85. The molecule has 0 spiro atoms. The van der Waals surface area contributed by atoms with E-state index in [1.165, 1.54) is 18.3 Å². The topological polar surface area (TPSA) is 108 Å². The van der Waals surface area contributed by atoms with Crippen LogP contribution in [-0.4, -0.2) is 34.9 Å². The summed E-state index contributed by atoms with van der Waals surface area (Å²) in [4.78, 5) is 22.2. The number of aromatic hydroxyl groups is 1. The Hall–Kier alpha value is -3.35. The van der Waals surface area contributed by atoms with Crippen LogP contribution in [0.1, 0.15) is 15.9 Å². The standard InChI is InChI=1S/C16H14N2O5/c19-14-4-2-1-3-13(14)16(22)18-17-9-11-5-7-12(8-6-11)23-10-15(20)21/h1-9,19H,10H2,(H,18,22)(H,20,21)/b17-9-. The van der Waals surface area contributed by atoms with Crippen molar-refractivity contribution in [1.82, 2.24) is 5.43 Å². The molecular weight excluding hydrogens is 300 g/mol. The number of carbonyl (C=O) groups is 2. The molecule has 0 bridgehead atoms. The minimum atomic E-state index is -1.05. The Labute approximate surface area is 131 Å². The number of aliphatic carboxylic acids is 1. The quantitative estimate of drug-likeness (QED) is 0.554. The number of ether oxygens (including phenoxy) is 1. The van der Waals surface area contributed by atoms with E-state index < -0.39 is 18.5 Å². The molecule has 0 aliphatic carbocycles. The van der Waals surface area contributed by atoms with Crippen LogP contribution >= 0.6 is 0 Å². The first kappa shape index (κ1) is 16.0. The number of amides is 1. The van der Waals surface area contributed by atoms with E-state index in [4.69, 9.17) is 9.84 Å². The van der Waals surface area contributed by atoms with Crippen LogP contribution < -0.4 is 10.2 Å². The summed E-state index contributed by atoms with van der Waals surface area (Å²) in [6, 6.07) is 12.6. The minimum Gasteiger partial charge on any atom is -0.507 e. The van der Waals surface area contributed by atoms with Gasteiger partial charge in [0, 0.05) is 0 Å². The smallest absolute Gasteiger partial charge is 0.341 e. The van der Waals surface area contributed by atoms with Gasteiger partial charge in [-0.1, -0.05) is 12.1 Å². The Morgan fingerprint density at radius 1 is 1.13 bits per heavy atom.